The maximum Gasteiger partial charge on any atom is 0.416 e. The third-order valence-corrected chi connectivity index (χ3v) is 2.99. The van der Waals surface area contributed by atoms with Crippen LogP contribution < -0.4 is 4.74 Å². The van der Waals surface area contributed by atoms with Gasteiger partial charge in [-0.15, -0.1) is 0 Å². The predicted molar refractivity (Wildman–Crippen MR) is 54.3 cm³/mol. The van der Waals surface area contributed by atoms with Crippen LogP contribution in [0.5, 0.6) is 5.75 Å². The van der Waals surface area contributed by atoms with E-state index in [1.807, 2.05) is 6.92 Å². The van der Waals surface area contributed by atoms with Crippen LogP contribution in [-0.4, -0.2) is 6.10 Å². The van der Waals surface area contributed by atoms with Crippen LogP contribution in [0.3, 0.4) is 0 Å². The summed E-state index contributed by atoms with van der Waals surface area (Å²) in [7, 11) is 0. The van der Waals surface area contributed by atoms with Gasteiger partial charge in [-0.3, -0.25) is 0 Å². The second-order valence-electron chi connectivity index (χ2n) is 4.24. The Morgan fingerprint density at radius 1 is 1.25 bits per heavy atom. The zero-order valence-electron chi connectivity index (χ0n) is 8.92. The molecule has 0 spiro atoms. The van der Waals surface area contributed by atoms with Gasteiger partial charge in [0.05, 0.1) is 5.56 Å². The van der Waals surface area contributed by atoms with Crippen LogP contribution in [0.25, 0.3) is 0 Å². The summed E-state index contributed by atoms with van der Waals surface area (Å²) >= 11 is 0. The molecule has 0 aromatic heterocycles. The van der Waals surface area contributed by atoms with Crippen molar-refractivity contribution in [1.29, 1.82) is 0 Å². The Morgan fingerprint density at radius 3 is 2.50 bits per heavy atom. The van der Waals surface area contributed by atoms with E-state index in [1.165, 1.54) is 6.07 Å². The van der Waals surface area contributed by atoms with Crippen LogP contribution in [0.4, 0.5) is 13.2 Å². The van der Waals surface area contributed by atoms with Crippen molar-refractivity contribution in [2.45, 2.75) is 32.0 Å². The normalized spacial score (nSPS) is 25.0. The van der Waals surface area contributed by atoms with Crippen molar-refractivity contribution < 1.29 is 17.9 Å². The van der Waals surface area contributed by atoms with Gasteiger partial charge in [0.15, 0.2) is 0 Å². The minimum atomic E-state index is -4.30. The van der Waals surface area contributed by atoms with E-state index in [2.05, 4.69) is 0 Å². The molecule has 4 heteroatoms. The molecule has 1 aliphatic rings. The van der Waals surface area contributed by atoms with E-state index in [0.29, 0.717) is 11.7 Å². The summed E-state index contributed by atoms with van der Waals surface area (Å²) in [6.45, 7) is 2.04. The standard InChI is InChI=1S/C12H13F3O/c1-8-5-6-11(8)16-10-4-2-3-9(7-10)12(13,14)15/h2-4,7-8,11H,5-6H2,1H3. The van der Waals surface area contributed by atoms with Crippen molar-refractivity contribution in [1.82, 2.24) is 0 Å². The highest BCUT2D eigenvalue weighted by molar-refractivity contribution is 5.30. The molecule has 16 heavy (non-hydrogen) atoms. The Bertz CT molecular complexity index is 373. The fraction of sp³-hybridized carbons (Fsp3) is 0.500. The number of ether oxygens (including phenoxy) is 1. The maximum atomic E-state index is 12.4. The van der Waals surface area contributed by atoms with E-state index in [9.17, 15) is 13.2 Å². The van der Waals surface area contributed by atoms with Gasteiger partial charge in [-0.2, -0.15) is 13.2 Å². The highest BCUT2D eigenvalue weighted by Crippen LogP contribution is 2.34. The van der Waals surface area contributed by atoms with Crippen molar-refractivity contribution in [2.75, 3.05) is 0 Å². The van der Waals surface area contributed by atoms with Gasteiger partial charge in [0.25, 0.3) is 0 Å². The van der Waals surface area contributed by atoms with Crippen LogP contribution >= 0.6 is 0 Å². The Kier molecular flexibility index (Phi) is 2.82. The number of halogens is 3. The quantitative estimate of drug-likeness (QED) is 0.749. The minimum Gasteiger partial charge on any atom is -0.490 e. The fourth-order valence-corrected chi connectivity index (χ4v) is 1.73. The maximum absolute atomic E-state index is 12.4. The van der Waals surface area contributed by atoms with Gasteiger partial charge in [-0.25, -0.2) is 0 Å². The first kappa shape index (κ1) is 11.3. The highest BCUT2D eigenvalue weighted by Gasteiger charge is 2.32. The van der Waals surface area contributed by atoms with E-state index < -0.39 is 11.7 Å². The Morgan fingerprint density at radius 2 is 2.00 bits per heavy atom. The third-order valence-electron chi connectivity index (χ3n) is 2.99. The minimum absolute atomic E-state index is 0.0727. The zero-order valence-corrected chi connectivity index (χ0v) is 8.92. The van der Waals surface area contributed by atoms with Gasteiger partial charge in [0.2, 0.25) is 0 Å². The van der Waals surface area contributed by atoms with Crippen molar-refractivity contribution in [3.63, 3.8) is 0 Å². The van der Waals surface area contributed by atoms with Crippen LogP contribution in [0.1, 0.15) is 25.3 Å². The van der Waals surface area contributed by atoms with Gasteiger partial charge in [-0.05, 0) is 37.0 Å². The number of hydrogen-bond donors (Lipinski definition) is 0. The Labute approximate surface area is 92.2 Å². The number of hydrogen-bond acceptors (Lipinski definition) is 1. The van der Waals surface area contributed by atoms with E-state index in [-0.39, 0.29) is 6.10 Å². The molecule has 1 aliphatic carbocycles. The van der Waals surface area contributed by atoms with Gasteiger partial charge in [0, 0.05) is 0 Å². The van der Waals surface area contributed by atoms with Crippen molar-refractivity contribution >= 4 is 0 Å². The third kappa shape index (κ3) is 2.31. The second-order valence-corrected chi connectivity index (χ2v) is 4.24. The van der Waals surface area contributed by atoms with E-state index in [1.54, 1.807) is 6.07 Å². The molecule has 0 N–H and O–H groups in total. The topological polar surface area (TPSA) is 9.23 Å². The lowest BCUT2D eigenvalue weighted by atomic mass is 9.83. The first-order valence-corrected chi connectivity index (χ1v) is 5.31. The molecule has 0 heterocycles. The van der Waals surface area contributed by atoms with Crippen LogP contribution in [0.2, 0.25) is 0 Å². The molecule has 1 saturated carbocycles. The summed E-state index contributed by atoms with van der Waals surface area (Å²) in [5, 5.41) is 0. The SMILES string of the molecule is CC1CCC1Oc1cccc(C(F)(F)F)c1. The summed E-state index contributed by atoms with van der Waals surface area (Å²) < 4.78 is 42.8. The smallest absolute Gasteiger partial charge is 0.416 e. The van der Waals surface area contributed by atoms with Crippen LogP contribution in [0, 0.1) is 5.92 Å². The van der Waals surface area contributed by atoms with E-state index in [0.717, 1.165) is 25.0 Å². The second kappa shape index (κ2) is 4.00. The summed E-state index contributed by atoms with van der Waals surface area (Å²) in [4.78, 5) is 0. The number of benzene rings is 1. The molecule has 2 atom stereocenters. The molecule has 1 nitrogen and oxygen atoms in total. The summed E-state index contributed by atoms with van der Waals surface area (Å²) in [6.07, 6.45) is -2.21. The van der Waals surface area contributed by atoms with Crippen molar-refractivity contribution in [3.05, 3.63) is 29.8 Å². The number of rotatable bonds is 2. The highest BCUT2D eigenvalue weighted by atomic mass is 19.4. The predicted octanol–water partition coefficient (Wildman–Crippen LogP) is 3.88. The van der Waals surface area contributed by atoms with Gasteiger partial charge in [-0.1, -0.05) is 13.0 Å². The monoisotopic (exact) mass is 230 g/mol. The number of alkyl halides is 3. The fourth-order valence-electron chi connectivity index (χ4n) is 1.73. The molecular formula is C12H13F3O. The van der Waals surface area contributed by atoms with Gasteiger partial charge < -0.3 is 4.74 Å². The Hall–Kier alpha value is -1.19. The average molecular weight is 230 g/mol. The first-order valence-electron chi connectivity index (χ1n) is 5.31. The van der Waals surface area contributed by atoms with Gasteiger partial charge in [0.1, 0.15) is 11.9 Å². The molecule has 0 radical (unpaired) electrons. The molecule has 1 fully saturated rings. The molecular weight excluding hydrogens is 217 g/mol. The summed E-state index contributed by atoms with van der Waals surface area (Å²) in [5.41, 5.74) is -0.656. The largest absolute Gasteiger partial charge is 0.490 e. The van der Waals surface area contributed by atoms with E-state index in [4.69, 9.17) is 4.74 Å². The lowest BCUT2D eigenvalue weighted by Crippen LogP contribution is -2.34. The molecule has 2 rings (SSSR count). The first-order chi connectivity index (χ1) is 7.47. The molecule has 0 saturated heterocycles. The molecule has 0 amide bonds. The molecule has 1 aromatic rings. The summed E-state index contributed by atoms with van der Waals surface area (Å²) in [5.74, 6) is 0.751. The van der Waals surface area contributed by atoms with E-state index >= 15 is 0 Å². The molecule has 88 valence electrons. The summed E-state index contributed by atoms with van der Waals surface area (Å²) in [6, 6.07) is 5.06. The zero-order chi connectivity index (χ0) is 11.8. The molecule has 0 aliphatic heterocycles. The lowest BCUT2D eigenvalue weighted by Gasteiger charge is -2.34. The van der Waals surface area contributed by atoms with Crippen LogP contribution in [-0.2, 0) is 6.18 Å². The molecule has 1 aromatic carbocycles. The lowest BCUT2D eigenvalue weighted by molar-refractivity contribution is -0.137. The van der Waals surface area contributed by atoms with Gasteiger partial charge >= 0.3 is 6.18 Å². The van der Waals surface area contributed by atoms with Crippen LogP contribution in [0.15, 0.2) is 24.3 Å². The molecule has 2 unspecified atom stereocenters. The molecule has 0 bridgehead atoms. The van der Waals surface area contributed by atoms with Crippen molar-refractivity contribution in [2.24, 2.45) is 5.92 Å². The van der Waals surface area contributed by atoms with Crippen molar-refractivity contribution in [3.8, 4) is 5.75 Å². The Balaban J connectivity index is 2.10. The average Bonchev–Trinajstić information content (AvgIpc) is 2.23.